The first kappa shape index (κ1) is 19.1. The van der Waals surface area contributed by atoms with Gasteiger partial charge in [0.2, 0.25) is 15.9 Å². The minimum Gasteiger partial charge on any atom is -0.366 e. The molecule has 132 valence electrons. The summed E-state index contributed by atoms with van der Waals surface area (Å²) in [6.45, 7) is -0.196. The molecule has 8 nitrogen and oxygen atoms in total. The summed E-state index contributed by atoms with van der Waals surface area (Å²) in [5, 5.41) is 10.1. The minimum atomic E-state index is -4.24. The van der Waals surface area contributed by atoms with Gasteiger partial charge < -0.3 is 5.73 Å². The number of sulfonamides is 1. The maximum atomic E-state index is 12.4. The fourth-order valence-corrected chi connectivity index (χ4v) is 4.21. The van der Waals surface area contributed by atoms with E-state index in [2.05, 4.69) is 4.72 Å². The van der Waals surface area contributed by atoms with Gasteiger partial charge in [0.15, 0.2) is 0 Å². The smallest absolute Gasteiger partial charge is 0.289 e. The number of nitro groups is 1. The second kappa shape index (κ2) is 7.36. The Morgan fingerprint density at radius 3 is 2.52 bits per heavy atom. The Hall–Kier alpha value is -2.20. The average Bonchev–Trinajstić information content (AvgIpc) is 2.52. The average molecular weight is 404 g/mol. The maximum Gasteiger partial charge on any atom is 0.289 e. The molecule has 0 saturated carbocycles. The Balaban J connectivity index is 2.34. The molecule has 1 amide bonds. The van der Waals surface area contributed by atoms with Crippen LogP contribution in [0.2, 0.25) is 10.0 Å². The number of nitrogens with one attached hydrogen (secondary N) is 1. The van der Waals surface area contributed by atoms with E-state index in [1.807, 2.05) is 0 Å². The fourth-order valence-electron chi connectivity index (χ4n) is 1.99. The number of carbonyl (C=O) groups is 1. The van der Waals surface area contributed by atoms with Crippen molar-refractivity contribution in [3.63, 3.8) is 0 Å². The minimum absolute atomic E-state index is 0.196. The zero-order valence-corrected chi connectivity index (χ0v) is 14.7. The van der Waals surface area contributed by atoms with E-state index in [0.29, 0.717) is 5.56 Å². The highest BCUT2D eigenvalue weighted by atomic mass is 35.5. The molecule has 0 radical (unpaired) electrons. The van der Waals surface area contributed by atoms with Crippen molar-refractivity contribution in [2.45, 2.75) is 11.4 Å². The van der Waals surface area contributed by atoms with Crippen LogP contribution >= 0.6 is 23.2 Å². The Morgan fingerprint density at radius 1 is 1.24 bits per heavy atom. The number of primary amides is 1. The van der Waals surface area contributed by atoms with E-state index in [0.717, 1.165) is 12.1 Å². The van der Waals surface area contributed by atoms with Gasteiger partial charge in [-0.1, -0.05) is 35.3 Å². The molecule has 0 bridgehead atoms. The Kier molecular flexibility index (Phi) is 5.63. The summed E-state index contributed by atoms with van der Waals surface area (Å²) in [4.78, 5) is 20.7. The molecule has 0 atom stereocenters. The standard InChI is InChI=1S/C14H11Cl2N3O5S/c15-10-4-5-11(19(21)22)12(16)13(10)25(23,24)18-7-8-2-1-3-9(6-8)14(17)20/h1-6,18H,7H2,(H2,17,20). The van der Waals surface area contributed by atoms with Gasteiger partial charge in [-0.05, 0) is 23.8 Å². The van der Waals surface area contributed by atoms with Crippen LogP contribution < -0.4 is 10.5 Å². The van der Waals surface area contributed by atoms with Crippen molar-refractivity contribution in [1.82, 2.24) is 4.72 Å². The van der Waals surface area contributed by atoms with E-state index >= 15 is 0 Å². The third-order valence-corrected chi connectivity index (χ3v) is 5.58. The number of halogens is 2. The zero-order chi connectivity index (χ0) is 18.8. The van der Waals surface area contributed by atoms with Crippen LogP contribution in [0.5, 0.6) is 0 Å². The Bertz CT molecular complexity index is 963. The number of nitro benzene ring substituents is 1. The lowest BCUT2D eigenvalue weighted by Gasteiger charge is -2.10. The van der Waals surface area contributed by atoms with Crippen LogP contribution in [0, 0.1) is 10.1 Å². The summed E-state index contributed by atoms with van der Waals surface area (Å²) < 4.78 is 27.1. The monoisotopic (exact) mass is 403 g/mol. The molecule has 0 heterocycles. The summed E-state index contributed by atoms with van der Waals surface area (Å²) in [5.74, 6) is -0.658. The number of carbonyl (C=O) groups excluding carboxylic acids is 1. The molecule has 2 rings (SSSR count). The Morgan fingerprint density at radius 2 is 1.92 bits per heavy atom. The summed E-state index contributed by atoms with van der Waals surface area (Å²) in [6, 6.07) is 8.10. The van der Waals surface area contributed by atoms with Gasteiger partial charge in [0.25, 0.3) is 5.69 Å². The van der Waals surface area contributed by atoms with E-state index in [-0.39, 0.29) is 17.1 Å². The first-order valence-electron chi connectivity index (χ1n) is 6.64. The van der Waals surface area contributed by atoms with E-state index < -0.39 is 36.5 Å². The van der Waals surface area contributed by atoms with Crippen molar-refractivity contribution in [3.05, 3.63) is 67.7 Å². The first-order valence-corrected chi connectivity index (χ1v) is 8.88. The van der Waals surface area contributed by atoms with E-state index in [1.165, 1.54) is 18.2 Å². The fraction of sp³-hybridized carbons (Fsp3) is 0.0714. The third kappa shape index (κ3) is 4.26. The molecule has 0 aliphatic rings. The molecule has 0 spiro atoms. The zero-order valence-electron chi connectivity index (χ0n) is 12.4. The number of rotatable bonds is 6. The number of nitrogens with two attached hydrogens (primary N) is 1. The molecule has 3 N–H and O–H groups in total. The second-order valence-electron chi connectivity index (χ2n) is 4.86. The molecule has 0 aromatic heterocycles. The lowest BCUT2D eigenvalue weighted by molar-refractivity contribution is -0.384. The molecular formula is C14H11Cl2N3O5S. The second-order valence-corrected chi connectivity index (χ2v) is 7.34. The lowest BCUT2D eigenvalue weighted by atomic mass is 10.1. The molecule has 2 aromatic carbocycles. The van der Waals surface area contributed by atoms with Gasteiger partial charge in [-0.15, -0.1) is 0 Å². The number of amides is 1. The van der Waals surface area contributed by atoms with Gasteiger partial charge in [-0.3, -0.25) is 14.9 Å². The molecule has 11 heteroatoms. The van der Waals surface area contributed by atoms with Crippen molar-refractivity contribution in [1.29, 1.82) is 0 Å². The van der Waals surface area contributed by atoms with Crippen molar-refractivity contribution < 1.29 is 18.1 Å². The maximum absolute atomic E-state index is 12.4. The number of nitrogens with zero attached hydrogens (tertiary/aromatic N) is 1. The molecule has 0 unspecified atom stereocenters. The van der Waals surface area contributed by atoms with Crippen LogP contribution in [0.3, 0.4) is 0 Å². The topological polar surface area (TPSA) is 132 Å². The highest BCUT2D eigenvalue weighted by Gasteiger charge is 2.28. The molecule has 2 aromatic rings. The van der Waals surface area contributed by atoms with Gasteiger partial charge in [-0.2, -0.15) is 0 Å². The van der Waals surface area contributed by atoms with Crippen LogP contribution in [-0.4, -0.2) is 19.2 Å². The number of hydrogen-bond acceptors (Lipinski definition) is 5. The largest absolute Gasteiger partial charge is 0.366 e. The van der Waals surface area contributed by atoms with Crippen molar-refractivity contribution in [2.24, 2.45) is 5.73 Å². The van der Waals surface area contributed by atoms with Crippen molar-refractivity contribution in [2.75, 3.05) is 0 Å². The third-order valence-electron chi connectivity index (χ3n) is 3.17. The highest BCUT2D eigenvalue weighted by molar-refractivity contribution is 7.89. The summed E-state index contributed by atoms with van der Waals surface area (Å²) in [6.07, 6.45) is 0. The van der Waals surface area contributed by atoms with Crippen molar-refractivity contribution >= 4 is 44.8 Å². The van der Waals surface area contributed by atoms with Gasteiger partial charge in [0, 0.05) is 18.2 Å². The summed E-state index contributed by atoms with van der Waals surface area (Å²) >= 11 is 11.7. The summed E-state index contributed by atoms with van der Waals surface area (Å²) in [5.41, 5.74) is 5.25. The Labute approximate surface area is 152 Å². The van der Waals surface area contributed by atoms with Crippen molar-refractivity contribution in [3.8, 4) is 0 Å². The SMILES string of the molecule is NC(=O)c1cccc(CNS(=O)(=O)c2c(Cl)ccc([N+](=O)[O-])c2Cl)c1. The molecular weight excluding hydrogens is 393 g/mol. The van der Waals surface area contributed by atoms with Gasteiger partial charge >= 0.3 is 0 Å². The van der Waals surface area contributed by atoms with E-state index in [9.17, 15) is 23.3 Å². The van der Waals surface area contributed by atoms with Crippen LogP contribution in [0.25, 0.3) is 0 Å². The molecule has 0 fully saturated rings. The highest BCUT2D eigenvalue weighted by Crippen LogP contribution is 2.36. The summed E-state index contributed by atoms with van der Waals surface area (Å²) in [7, 11) is -4.24. The molecule has 0 aliphatic heterocycles. The van der Waals surface area contributed by atoms with Crippen LogP contribution in [-0.2, 0) is 16.6 Å². The van der Waals surface area contributed by atoms with E-state index in [4.69, 9.17) is 28.9 Å². The number of hydrogen-bond donors (Lipinski definition) is 2. The normalized spacial score (nSPS) is 11.3. The predicted molar refractivity (Wildman–Crippen MR) is 92.1 cm³/mol. The van der Waals surface area contributed by atoms with Gasteiger partial charge in [-0.25, -0.2) is 13.1 Å². The van der Waals surface area contributed by atoms with Crippen LogP contribution in [0.15, 0.2) is 41.3 Å². The molecule has 0 aliphatic carbocycles. The molecule has 25 heavy (non-hydrogen) atoms. The van der Waals surface area contributed by atoms with Gasteiger partial charge in [0.05, 0.1) is 9.95 Å². The van der Waals surface area contributed by atoms with Crippen LogP contribution in [0.4, 0.5) is 5.69 Å². The molecule has 0 saturated heterocycles. The van der Waals surface area contributed by atoms with Gasteiger partial charge in [0.1, 0.15) is 9.92 Å². The van der Waals surface area contributed by atoms with E-state index in [1.54, 1.807) is 6.07 Å². The van der Waals surface area contributed by atoms with Crippen LogP contribution in [0.1, 0.15) is 15.9 Å². The predicted octanol–water partition coefficient (Wildman–Crippen LogP) is 2.48. The number of benzene rings is 2. The lowest BCUT2D eigenvalue weighted by Crippen LogP contribution is -2.24. The first-order chi connectivity index (χ1) is 11.6. The quantitative estimate of drug-likeness (QED) is 0.564.